The predicted octanol–water partition coefficient (Wildman–Crippen LogP) is 3.32. The molecule has 0 saturated heterocycles. The zero-order valence-corrected chi connectivity index (χ0v) is 17.1. The second-order valence-corrected chi connectivity index (χ2v) is 9.67. The number of rotatable bonds is 2. The number of benzene rings is 1. The summed E-state index contributed by atoms with van der Waals surface area (Å²) in [7, 11) is -1.29. The number of anilines is 1. The molecule has 0 aromatic heterocycles. The minimum Gasteiger partial charge on any atom is -0.370 e. The van der Waals surface area contributed by atoms with Crippen molar-refractivity contribution in [1.82, 2.24) is 14.3 Å². The number of pyridine rings is 1. The van der Waals surface area contributed by atoms with Gasteiger partial charge in [-0.05, 0) is 41.8 Å². The highest BCUT2D eigenvalue weighted by Crippen LogP contribution is 2.45. The number of sulfonamides is 1. The van der Waals surface area contributed by atoms with E-state index in [4.69, 9.17) is 4.98 Å². The highest BCUT2D eigenvalue weighted by molar-refractivity contribution is 7.88. The van der Waals surface area contributed by atoms with E-state index >= 15 is 0 Å². The summed E-state index contributed by atoms with van der Waals surface area (Å²) in [5.41, 5.74) is 6.46. The van der Waals surface area contributed by atoms with Crippen LogP contribution in [0.2, 0.25) is 0 Å². The van der Waals surface area contributed by atoms with E-state index < -0.39 is 10.0 Å². The number of halogens is 1. The summed E-state index contributed by atoms with van der Waals surface area (Å²) in [4.78, 5) is 10.1. The van der Waals surface area contributed by atoms with Gasteiger partial charge in [0.15, 0.2) is 0 Å². The number of aromatic nitrogens is 2. The Bertz CT molecular complexity index is 1230. The molecule has 4 aliphatic heterocycles. The molecule has 0 unspecified atom stereocenters. The number of nitrogens with one attached hydrogen (secondary N) is 1. The van der Waals surface area contributed by atoms with Crippen LogP contribution in [0.1, 0.15) is 17.7 Å². The van der Waals surface area contributed by atoms with Crippen molar-refractivity contribution in [1.29, 1.82) is 0 Å². The molecule has 5 rings (SSSR count). The minimum absolute atomic E-state index is 0.278. The lowest BCUT2D eigenvalue weighted by molar-refractivity contribution is 0.447. The lowest BCUT2D eigenvalue weighted by Gasteiger charge is -2.25. The SMILES string of the molecule is CN1Cc2c(C3=CCCN(S(C)(=O)=O)C3)nc3[nH]ccc(c2-3)-c2cc(F)ccc21. The van der Waals surface area contributed by atoms with E-state index in [9.17, 15) is 12.8 Å². The van der Waals surface area contributed by atoms with Gasteiger partial charge in [0.2, 0.25) is 10.0 Å². The summed E-state index contributed by atoms with van der Waals surface area (Å²) in [5.74, 6) is 0.454. The largest absolute Gasteiger partial charge is 0.370 e. The maximum Gasteiger partial charge on any atom is 0.211 e. The molecule has 0 aliphatic carbocycles. The molecule has 0 amide bonds. The molecule has 0 radical (unpaired) electrons. The first-order valence-corrected chi connectivity index (χ1v) is 11.3. The second kappa shape index (κ2) is 6.40. The fraction of sp³-hybridized carbons (Fsp3) is 0.286. The zero-order valence-electron chi connectivity index (χ0n) is 16.2. The van der Waals surface area contributed by atoms with Gasteiger partial charge in [0.1, 0.15) is 11.6 Å². The number of H-pyrrole nitrogens is 1. The van der Waals surface area contributed by atoms with E-state index in [1.54, 1.807) is 12.1 Å². The van der Waals surface area contributed by atoms with Crippen LogP contribution in [0.15, 0.2) is 36.5 Å². The normalized spacial score (nSPS) is 17.2. The van der Waals surface area contributed by atoms with Crippen LogP contribution in [0, 0.1) is 5.82 Å². The van der Waals surface area contributed by atoms with Crippen molar-refractivity contribution in [2.75, 3.05) is 31.3 Å². The molecule has 6 nitrogen and oxygen atoms in total. The van der Waals surface area contributed by atoms with Crippen LogP contribution in [0.4, 0.5) is 10.1 Å². The maximum atomic E-state index is 14.1. The number of hydrogen-bond donors (Lipinski definition) is 1. The van der Waals surface area contributed by atoms with Gasteiger partial charge in [0.05, 0.1) is 11.9 Å². The van der Waals surface area contributed by atoms with Gasteiger partial charge in [-0.3, -0.25) is 0 Å². The van der Waals surface area contributed by atoms with Crippen molar-refractivity contribution < 1.29 is 12.8 Å². The van der Waals surface area contributed by atoms with Crippen molar-refractivity contribution in [3.8, 4) is 22.5 Å². The van der Waals surface area contributed by atoms with Gasteiger partial charge in [-0.1, -0.05) is 6.08 Å². The van der Waals surface area contributed by atoms with E-state index in [2.05, 4.69) is 16.0 Å². The lowest BCUT2D eigenvalue weighted by atomic mass is 9.96. The summed E-state index contributed by atoms with van der Waals surface area (Å²) in [5, 5.41) is 0. The molecule has 1 aromatic carbocycles. The Hall–Kier alpha value is -2.71. The Labute approximate surface area is 169 Å². The van der Waals surface area contributed by atoms with Crippen molar-refractivity contribution in [3.63, 3.8) is 0 Å². The van der Waals surface area contributed by atoms with Crippen LogP contribution in [-0.2, 0) is 16.6 Å². The van der Waals surface area contributed by atoms with E-state index in [1.807, 2.05) is 19.3 Å². The van der Waals surface area contributed by atoms with Gasteiger partial charge in [-0.25, -0.2) is 17.8 Å². The number of nitrogens with zero attached hydrogens (tertiary/aromatic N) is 3. The molecule has 0 atom stereocenters. The fourth-order valence-electron chi connectivity index (χ4n) is 4.37. The molecule has 0 spiro atoms. The van der Waals surface area contributed by atoms with E-state index in [0.717, 1.165) is 45.0 Å². The summed E-state index contributed by atoms with van der Waals surface area (Å²) in [6, 6.07) is 6.79. The van der Waals surface area contributed by atoms with E-state index in [-0.39, 0.29) is 5.82 Å². The van der Waals surface area contributed by atoms with Crippen molar-refractivity contribution in [3.05, 3.63) is 53.6 Å². The minimum atomic E-state index is -3.27. The first kappa shape index (κ1) is 18.3. The molecule has 0 fully saturated rings. The Balaban J connectivity index is 1.71. The van der Waals surface area contributed by atoms with Gasteiger partial charge >= 0.3 is 0 Å². The van der Waals surface area contributed by atoms with Crippen LogP contribution in [0.25, 0.3) is 28.1 Å². The highest BCUT2D eigenvalue weighted by atomic mass is 32.2. The molecule has 8 heteroatoms. The molecule has 4 aliphatic rings. The molecule has 0 saturated carbocycles. The third-order valence-electron chi connectivity index (χ3n) is 5.73. The summed E-state index contributed by atoms with van der Waals surface area (Å²) >= 11 is 0. The fourth-order valence-corrected chi connectivity index (χ4v) is 5.18. The average Bonchev–Trinajstić information content (AvgIpc) is 3.00. The maximum absolute atomic E-state index is 14.1. The summed E-state index contributed by atoms with van der Waals surface area (Å²) in [6.45, 7) is 1.40. The number of aromatic amines is 1. The zero-order chi connectivity index (χ0) is 20.3. The molecule has 1 aromatic rings. The monoisotopic (exact) mass is 412 g/mol. The number of hydrogen-bond acceptors (Lipinski definition) is 4. The highest BCUT2D eigenvalue weighted by Gasteiger charge is 2.31. The quantitative estimate of drug-likeness (QED) is 0.701. The van der Waals surface area contributed by atoms with E-state index in [0.29, 0.717) is 26.1 Å². The van der Waals surface area contributed by atoms with Crippen LogP contribution < -0.4 is 4.90 Å². The molecule has 150 valence electrons. The third kappa shape index (κ3) is 2.94. The topological polar surface area (TPSA) is 69.3 Å². The van der Waals surface area contributed by atoms with Gasteiger partial charge < -0.3 is 9.88 Å². The van der Waals surface area contributed by atoms with Crippen LogP contribution in [0.5, 0.6) is 0 Å². The lowest BCUT2D eigenvalue weighted by Crippen LogP contribution is -2.34. The first-order valence-electron chi connectivity index (χ1n) is 9.48. The Kier molecular flexibility index (Phi) is 4.04. The predicted molar refractivity (Wildman–Crippen MR) is 112 cm³/mol. The standard InChI is InChI=1S/C21H21FN4O2S/c1-25-12-17-19-15(16-10-14(22)5-6-18(16)25)7-8-23-21(19)24-20(17)13-4-3-9-26(11-13)29(2,27)28/h4-8,10H,3,9,11-12H2,1-2H3,(H,23,24). The molecule has 29 heavy (non-hydrogen) atoms. The van der Waals surface area contributed by atoms with Crippen molar-refractivity contribution in [2.45, 2.75) is 13.0 Å². The number of fused-ring (bicyclic) bond motifs is 2. The van der Waals surface area contributed by atoms with E-state index in [1.165, 1.54) is 16.6 Å². The van der Waals surface area contributed by atoms with Gasteiger partial charge in [-0.2, -0.15) is 4.31 Å². The Morgan fingerprint density at radius 1 is 1.17 bits per heavy atom. The van der Waals surface area contributed by atoms with Crippen molar-refractivity contribution in [2.24, 2.45) is 0 Å². The first-order chi connectivity index (χ1) is 13.8. The van der Waals surface area contributed by atoms with Gasteiger partial charge in [0, 0.05) is 55.3 Å². The molecule has 4 heterocycles. The third-order valence-corrected chi connectivity index (χ3v) is 6.98. The molecule has 0 bridgehead atoms. The summed E-state index contributed by atoms with van der Waals surface area (Å²) in [6.07, 6.45) is 5.79. The van der Waals surface area contributed by atoms with Gasteiger partial charge in [-0.15, -0.1) is 0 Å². The Morgan fingerprint density at radius 2 is 2.00 bits per heavy atom. The molecular weight excluding hydrogens is 391 g/mol. The smallest absolute Gasteiger partial charge is 0.211 e. The summed E-state index contributed by atoms with van der Waals surface area (Å²) < 4.78 is 39.7. The van der Waals surface area contributed by atoms with Crippen LogP contribution >= 0.6 is 0 Å². The van der Waals surface area contributed by atoms with Gasteiger partial charge in [0.25, 0.3) is 0 Å². The average molecular weight is 412 g/mol. The second-order valence-electron chi connectivity index (χ2n) is 7.69. The van der Waals surface area contributed by atoms with Crippen molar-refractivity contribution >= 4 is 21.3 Å². The molecular formula is C21H21FN4O2S. The van der Waals surface area contributed by atoms with Crippen LogP contribution in [-0.4, -0.2) is 49.1 Å². The Morgan fingerprint density at radius 3 is 2.79 bits per heavy atom. The van der Waals surface area contributed by atoms with Crippen LogP contribution in [0.3, 0.4) is 0 Å². The molecule has 1 N–H and O–H groups in total.